The van der Waals surface area contributed by atoms with Gasteiger partial charge in [-0.15, -0.1) is 21.5 Å². The van der Waals surface area contributed by atoms with E-state index in [4.69, 9.17) is 4.74 Å². The van der Waals surface area contributed by atoms with Crippen LogP contribution in [0.2, 0.25) is 0 Å². The van der Waals surface area contributed by atoms with Gasteiger partial charge in [-0.2, -0.15) is 0 Å². The highest BCUT2D eigenvalue weighted by molar-refractivity contribution is 7.17. The van der Waals surface area contributed by atoms with Crippen molar-refractivity contribution in [1.29, 1.82) is 0 Å². The lowest BCUT2D eigenvalue weighted by molar-refractivity contribution is -0.200. The van der Waals surface area contributed by atoms with Gasteiger partial charge in [-0.3, -0.25) is 18.7 Å². The van der Waals surface area contributed by atoms with E-state index in [2.05, 4.69) is 10.2 Å². The fourth-order valence-electron chi connectivity index (χ4n) is 3.60. The Morgan fingerprint density at radius 3 is 2.96 bits per heavy atom. The third-order valence-corrected chi connectivity index (χ3v) is 5.64. The van der Waals surface area contributed by atoms with Gasteiger partial charge in [0.05, 0.1) is 18.2 Å². The van der Waals surface area contributed by atoms with E-state index in [1.807, 2.05) is 20.7 Å². The summed E-state index contributed by atoms with van der Waals surface area (Å²) >= 11 is 1.36. The van der Waals surface area contributed by atoms with Gasteiger partial charge < -0.3 is 4.74 Å². The fourth-order valence-corrected chi connectivity index (χ4v) is 4.45. The van der Waals surface area contributed by atoms with Crippen molar-refractivity contribution in [3.05, 3.63) is 27.6 Å². The first-order chi connectivity index (χ1) is 12.3. The van der Waals surface area contributed by atoms with Crippen LogP contribution in [0.4, 0.5) is 8.78 Å². The second-order valence-electron chi connectivity index (χ2n) is 6.96. The van der Waals surface area contributed by atoms with E-state index in [0.717, 1.165) is 5.52 Å². The van der Waals surface area contributed by atoms with Crippen molar-refractivity contribution in [2.75, 3.05) is 13.1 Å². The van der Waals surface area contributed by atoms with Gasteiger partial charge in [0.25, 0.3) is 12.0 Å². The molecule has 0 radical (unpaired) electrons. The molecule has 1 saturated heterocycles. The van der Waals surface area contributed by atoms with Crippen molar-refractivity contribution in [3.8, 4) is 0 Å². The number of alkyl halides is 2. The monoisotopic (exact) mass is 383 g/mol. The number of aryl methyl sites for hydroxylation is 1. The SMILES string of the molecule is CC1CN(Cc2nnc3n(C)c(=O)c4sccc4n23)CC(C)(C(F)F)O1. The number of nitrogens with zero attached hydrogens (tertiary/aromatic N) is 5. The van der Waals surface area contributed by atoms with Crippen LogP contribution < -0.4 is 5.56 Å². The number of rotatable bonds is 3. The predicted octanol–water partition coefficient (Wildman–Crippen LogP) is 1.89. The molecule has 4 rings (SSSR count). The Balaban J connectivity index is 1.75. The lowest BCUT2D eigenvalue weighted by Crippen LogP contribution is -2.56. The number of ether oxygens (including phenoxy) is 1. The van der Waals surface area contributed by atoms with Crippen LogP contribution in [0.15, 0.2) is 16.2 Å². The second kappa shape index (κ2) is 6.07. The summed E-state index contributed by atoms with van der Waals surface area (Å²) in [6, 6.07) is 1.85. The van der Waals surface area contributed by atoms with E-state index in [-0.39, 0.29) is 18.2 Å². The molecule has 1 aliphatic heterocycles. The number of hydrogen-bond donors (Lipinski definition) is 0. The Morgan fingerprint density at radius 1 is 1.46 bits per heavy atom. The summed E-state index contributed by atoms with van der Waals surface area (Å²) in [5.41, 5.74) is -0.888. The van der Waals surface area contributed by atoms with Crippen LogP contribution in [0, 0.1) is 0 Å². The number of aromatic nitrogens is 4. The molecule has 2 atom stereocenters. The van der Waals surface area contributed by atoms with Gasteiger partial charge in [0, 0.05) is 20.1 Å². The molecule has 0 aromatic carbocycles. The minimum Gasteiger partial charge on any atom is -0.364 e. The lowest BCUT2D eigenvalue weighted by atomic mass is 10.0. The van der Waals surface area contributed by atoms with E-state index in [1.54, 1.807) is 14.0 Å². The van der Waals surface area contributed by atoms with Crippen molar-refractivity contribution in [2.45, 2.75) is 38.5 Å². The molecule has 1 fully saturated rings. The van der Waals surface area contributed by atoms with Crippen LogP contribution >= 0.6 is 11.3 Å². The Kier molecular flexibility index (Phi) is 4.08. The second-order valence-corrected chi connectivity index (χ2v) is 7.88. The summed E-state index contributed by atoms with van der Waals surface area (Å²) < 4.78 is 36.2. The van der Waals surface area contributed by atoms with Crippen LogP contribution in [0.5, 0.6) is 0 Å². The molecule has 0 saturated carbocycles. The van der Waals surface area contributed by atoms with Crippen LogP contribution in [-0.4, -0.2) is 55.3 Å². The number of thiophene rings is 1. The van der Waals surface area contributed by atoms with Crippen molar-refractivity contribution < 1.29 is 13.5 Å². The van der Waals surface area contributed by atoms with Gasteiger partial charge in [0.1, 0.15) is 10.3 Å². The molecular weight excluding hydrogens is 364 g/mol. The summed E-state index contributed by atoms with van der Waals surface area (Å²) in [6.45, 7) is 4.19. The van der Waals surface area contributed by atoms with Crippen LogP contribution in [0.3, 0.4) is 0 Å². The Hall–Kier alpha value is -1.91. The van der Waals surface area contributed by atoms with Crippen LogP contribution in [0.25, 0.3) is 16.0 Å². The molecule has 0 amide bonds. The largest absolute Gasteiger partial charge is 0.364 e. The zero-order valence-electron chi connectivity index (χ0n) is 14.6. The highest BCUT2D eigenvalue weighted by atomic mass is 32.1. The molecule has 4 heterocycles. The maximum Gasteiger partial charge on any atom is 0.272 e. The standard InChI is InChI=1S/C16H19F2N5O2S/c1-9-6-22(8-16(2,25-9)14(17)18)7-11-19-20-15-21(3)13(24)12-10(23(11)15)4-5-26-12/h4-5,9,14H,6-8H2,1-3H3. The minimum absolute atomic E-state index is 0.0997. The minimum atomic E-state index is -2.58. The Bertz CT molecular complexity index is 1030. The molecule has 3 aromatic rings. The molecular formula is C16H19F2N5O2S. The molecule has 3 aromatic heterocycles. The molecule has 140 valence electrons. The summed E-state index contributed by atoms with van der Waals surface area (Å²) in [7, 11) is 1.65. The van der Waals surface area contributed by atoms with E-state index < -0.39 is 12.0 Å². The van der Waals surface area contributed by atoms with E-state index >= 15 is 0 Å². The van der Waals surface area contributed by atoms with Crippen molar-refractivity contribution in [3.63, 3.8) is 0 Å². The zero-order valence-corrected chi connectivity index (χ0v) is 15.5. The summed E-state index contributed by atoms with van der Waals surface area (Å²) in [4.78, 5) is 14.3. The summed E-state index contributed by atoms with van der Waals surface area (Å²) in [6.07, 6.45) is -2.89. The number of morpholine rings is 1. The van der Waals surface area contributed by atoms with E-state index in [1.165, 1.54) is 22.8 Å². The Labute approximate surface area is 151 Å². The zero-order chi connectivity index (χ0) is 18.6. The molecule has 0 aliphatic carbocycles. The molecule has 0 bridgehead atoms. The van der Waals surface area contributed by atoms with Gasteiger partial charge in [-0.1, -0.05) is 0 Å². The van der Waals surface area contributed by atoms with Crippen LogP contribution in [0.1, 0.15) is 19.7 Å². The van der Waals surface area contributed by atoms with Crippen molar-refractivity contribution in [2.24, 2.45) is 7.05 Å². The summed E-state index contributed by atoms with van der Waals surface area (Å²) in [5, 5.41) is 10.2. The molecule has 7 nitrogen and oxygen atoms in total. The third kappa shape index (κ3) is 2.63. The number of fused-ring (bicyclic) bond motifs is 3. The average Bonchev–Trinajstić information content (AvgIpc) is 3.18. The molecule has 1 aliphatic rings. The van der Waals surface area contributed by atoms with Gasteiger partial charge in [0.15, 0.2) is 5.82 Å². The van der Waals surface area contributed by atoms with Crippen molar-refractivity contribution >= 4 is 27.3 Å². The molecule has 0 N–H and O–H groups in total. The smallest absolute Gasteiger partial charge is 0.272 e. The van der Waals surface area contributed by atoms with E-state index in [9.17, 15) is 13.6 Å². The maximum atomic E-state index is 13.4. The summed E-state index contributed by atoms with van der Waals surface area (Å²) in [5.74, 6) is 1.05. The van der Waals surface area contributed by atoms with Gasteiger partial charge in [-0.05, 0) is 25.3 Å². The molecule has 2 unspecified atom stereocenters. The number of halogens is 2. The van der Waals surface area contributed by atoms with Crippen molar-refractivity contribution in [1.82, 2.24) is 24.1 Å². The van der Waals surface area contributed by atoms with E-state index in [0.29, 0.717) is 29.4 Å². The first-order valence-corrected chi connectivity index (χ1v) is 9.16. The van der Waals surface area contributed by atoms with Crippen LogP contribution in [-0.2, 0) is 18.3 Å². The molecule has 0 spiro atoms. The normalized spacial score (nSPS) is 24.9. The first-order valence-electron chi connectivity index (χ1n) is 8.28. The molecule has 10 heteroatoms. The third-order valence-electron chi connectivity index (χ3n) is 4.75. The lowest BCUT2D eigenvalue weighted by Gasteiger charge is -2.42. The van der Waals surface area contributed by atoms with Gasteiger partial charge in [0.2, 0.25) is 5.78 Å². The van der Waals surface area contributed by atoms with Gasteiger partial charge >= 0.3 is 0 Å². The highest BCUT2D eigenvalue weighted by Gasteiger charge is 2.43. The highest BCUT2D eigenvalue weighted by Crippen LogP contribution is 2.29. The number of hydrogen-bond acceptors (Lipinski definition) is 6. The topological polar surface area (TPSA) is 64.7 Å². The Morgan fingerprint density at radius 2 is 2.23 bits per heavy atom. The molecule has 26 heavy (non-hydrogen) atoms. The van der Waals surface area contributed by atoms with Gasteiger partial charge in [-0.25, -0.2) is 8.78 Å². The first kappa shape index (κ1) is 17.5. The predicted molar refractivity (Wildman–Crippen MR) is 93.8 cm³/mol. The quantitative estimate of drug-likeness (QED) is 0.691. The fraction of sp³-hybridized carbons (Fsp3) is 0.562. The average molecular weight is 383 g/mol. The maximum absolute atomic E-state index is 13.4.